The summed E-state index contributed by atoms with van der Waals surface area (Å²) in [5.74, 6) is -1.02. The van der Waals surface area contributed by atoms with Gasteiger partial charge in [-0.15, -0.1) is 0 Å². The molecule has 1 fully saturated rings. The monoisotopic (exact) mass is 481 g/mol. The molecule has 0 atom stereocenters. The normalized spacial score (nSPS) is 17.1. The molecule has 0 saturated carbocycles. The number of hydrogen-bond acceptors (Lipinski definition) is 8. The third kappa shape index (κ3) is 4.64. The number of carbonyl (C=O) groups excluding carboxylic acids is 1. The maximum Gasteiger partial charge on any atom is 0.387 e. The van der Waals surface area contributed by atoms with Crippen LogP contribution >= 0.6 is 0 Å². The molecular weight excluding hydrogens is 460 g/mol. The van der Waals surface area contributed by atoms with Gasteiger partial charge in [-0.3, -0.25) is 9.78 Å². The molecule has 2 N–H and O–H groups in total. The average Bonchev–Trinajstić information content (AvgIpc) is 3.05. The number of halogens is 2. The number of ether oxygens (including phenoxy) is 1. The molecule has 10 nitrogen and oxygen atoms in total. The van der Waals surface area contributed by atoms with Gasteiger partial charge in [-0.25, -0.2) is 18.1 Å². The van der Waals surface area contributed by atoms with Crippen LogP contribution in [0.4, 0.5) is 8.78 Å². The summed E-state index contributed by atoms with van der Waals surface area (Å²) in [6.07, 6.45) is 3.77. The molecule has 176 valence electrons. The Balaban J connectivity index is 1.75. The Bertz CT molecular complexity index is 1340. The van der Waals surface area contributed by atoms with Crippen molar-refractivity contribution in [3.05, 3.63) is 42.0 Å². The fourth-order valence-electron chi connectivity index (χ4n) is 3.80. The molecule has 0 aliphatic carbocycles. The first-order valence-corrected chi connectivity index (χ1v) is 11.6. The van der Waals surface area contributed by atoms with Gasteiger partial charge >= 0.3 is 6.61 Å². The Morgan fingerprint density at radius 1 is 1.27 bits per heavy atom. The van der Waals surface area contributed by atoms with Gasteiger partial charge < -0.3 is 15.2 Å². The lowest BCUT2D eigenvalue weighted by molar-refractivity contribution is -0.0500. The zero-order valence-electron chi connectivity index (χ0n) is 17.9. The summed E-state index contributed by atoms with van der Waals surface area (Å²) in [5.41, 5.74) is -1.46. The van der Waals surface area contributed by atoms with Crippen LogP contribution in [0.15, 0.2) is 30.7 Å². The highest BCUT2D eigenvalue weighted by Gasteiger charge is 2.45. The molecule has 0 spiro atoms. The molecular formula is C20H21F2N5O5S. The van der Waals surface area contributed by atoms with E-state index in [0.717, 1.165) is 6.20 Å². The Kier molecular flexibility index (Phi) is 5.36. The van der Waals surface area contributed by atoms with Crippen molar-refractivity contribution in [2.24, 2.45) is 0 Å². The number of hydrogen-bond donors (Lipinski definition) is 2. The minimum atomic E-state index is -3.16. The molecule has 3 aromatic heterocycles. The van der Waals surface area contributed by atoms with E-state index in [2.05, 4.69) is 25.1 Å². The molecule has 1 aliphatic heterocycles. The summed E-state index contributed by atoms with van der Waals surface area (Å²) in [4.78, 5) is 20.9. The minimum Gasteiger partial charge on any atom is -0.433 e. The Hall–Kier alpha value is -3.19. The molecule has 1 aliphatic rings. The van der Waals surface area contributed by atoms with Crippen LogP contribution in [0.5, 0.6) is 5.75 Å². The smallest absolute Gasteiger partial charge is 0.387 e. The Morgan fingerprint density at radius 2 is 1.97 bits per heavy atom. The fraction of sp³-hybridized carbons (Fsp3) is 0.400. The number of nitrogens with zero attached hydrogens (tertiary/aromatic N) is 4. The number of aliphatic hydroxyl groups is 1. The number of aromatic nitrogens is 4. The molecule has 3 aromatic rings. The zero-order valence-corrected chi connectivity index (χ0v) is 18.7. The highest BCUT2D eigenvalue weighted by Crippen LogP contribution is 2.30. The van der Waals surface area contributed by atoms with Crippen molar-refractivity contribution in [3.8, 4) is 11.4 Å². The van der Waals surface area contributed by atoms with Gasteiger partial charge in [0.2, 0.25) is 0 Å². The summed E-state index contributed by atoms with van der Waals surface area (Å²) in [5, 5.41) is 18.1. The maximum absolute atomic E-state index is 12.8. The molecule has 0 unspecified atom stereocenters. The van der Waals surface area contributed by atoms with E-state index in [1.54, 1.807) is 6.92 Å². The zero-order chi connectivity index (χ0) is 24.2. The van der Waals surface area contributed by atoms with Crippen molar-refractivity contribution in [2.75, 3.05) is 11.5 Å². The fourth-order valence-corrected chi connectivity index (χ4v) is 5.80. The van der Waals surface area contributed by atoms with Gasteiger partial charge in [0.15, 0.2) is 15.5 Å². The summed E-state index contributed by atoms with van der Waals surface area (Å²) >= 11 is 0. The van der Waals surface area contributed by atoms with Crippen LogP contribution in [0.1, 0.15) is 36.8 Å². The Morgan fingerprint density at radius 3 is 2.58 bits per heavy atom. The van der Waals surface area contributed by atoms with Crippen LogP contribution in [0.3, 0.4) is 0 Å². The van der Waals surface area contributed by atoms with E-state index >= 15 is 0 Å². The second kappa shape index (κ2) is 7.70. The number of nitrogens with one attached hydrogen (secondary N) is 1. The van der Waals surface area contributed by atoms with Crippen LogP contribution in [0.25, 0.3) is 16.7 Å². The van der Waals surface area contributed by atoms with E-state index in [1.165, 1.54) is 43.1 Å². The number of pyridine rings is 2. The molecule has 1 saturated heterocycles. The van der Waals surface area contributed by atoms with Crippen molar-refractivity contribution in [1.82, 2.24) is 25.1 Å². The van der Waals surface area contributed by atoms with Crippen molar-refractivity contribution < 1.29 is 31.8 Å². The predicted molar refractivity (Wildman–Crippen MR) is 113 cm³/mol. The van der Waals surface area contributed by atoms with E-state index in [4.69, 9.17) is 0 Å². The molecule has 4 rings (SSSR count). The van der Waals surface area contributed by atoms with Crippen LogP contribution < -0.4 is 10.1 Å². The van der Waals surface area contributed by atoms with E-state index in [9.17, 15) is 27.1 Å². The number of rotatable bonds is 6. The number of alkyl halides is 2. The maximum atomic E-state index is 12.8. The van der Waals surface area contributed by atoms with Crippen molar-refractivity contribution in [2.45, 2.75) is 38.5 Å². The van der Waals surface area contributed by atoms with Crippen molar-refractivity contribution in [1.29, 1.82) is 0 Å². The third-order valence-electron chi connectivity index (χ3n) is 5.02. The third-order valence-corrected chi connectivity index (χ3v) is 7.18. The molecule has 0 radical (unpaired) electrons. The van der Waals surface area contributed by atoms with Crippen LogP contribution in [0, 0.1) is 0 Å². The quantitative estimate of drug-likeness (QED) is 0.541. The van der Waals surface area contributed by atoms with Crippen molar-refractivity contribution >= 4 is 26.8 Å². The van der Waals surface area contributed by atoms with Crippen LogP contribution in [-0.2, 0) is 15.4 Å². The van der Waals surface area contributed by atoms with Gasteiger partial charge in [0.25, 0.3) is 5.91 Å². The molecule has 4 heterocycles. The second-order valence-electron chi connectivity index (χ2n) is 8.72. The second-order valence-corrected chi connectivity index (χ2v) is 10.8. The van der Waals surface area contributed by atoms with Gasteiger partial charge in [-0.05, 0) is 26.8 Å². The lowest BCUT2D eigenvalue weighted by Crippen LogP contribution is -2.63. The predicted octanol–water partition coefficient (Wildman–Crippen LogP) is 1.56. The molecule has 0 bridgehead atoms. The lowest BCUT2D eigenvalue weighted by atomic mass is 10.0. The van der Waals surface area contributed by atoms with Gasteiger partial charge in [0.1, 0.15) is 17.0 Å². The van der Waals surface area contributed by atoms with E-state index in [1.807, 2.05) is 0 Å². The number of carbonyl (C=O) groups is 1. The topological polar surface area (TPSA) is 136 Å². The van der Waals surface area contributed by atoms with Gasteiger partial charge in [-0.2, -0.15) is 13.9 Å². The molecule has 0 aromatic carbocycles. The minimum absolute atomic E-state index is 0.144. The van der Waals surface area contributed by atoms with Crippen LogP contribution in [-0.4, -0.2) is 62.8 Å². The first-order chi connectivity index (χ1) is 15.3. The molecule has 1 amide bonds. The summed E-state index contributed by atoms with van der Waals surface area (Å²) in [7, 11) is -3.16. The first kappa shape index (κ1) is 23.0. The standard InChI is InChI=1S/C20H21F2N5O5S/c1-19(2,29)15-14-4-11(17(28)25-20(3)9-33(30,31)10-20)6-24-16(14)27(26-15)12-5-13(8-23-7-12)32-18(21)22/h4-8,18,29H,9-10H2,1-3H3,(H,25,28). The summed E-state index contributed by atoms with van der Waals surface area (Å²) in [6.45, 7) is 1.61. The number of amides is 1. The molecule has 33 heavy (non-hydrogen) atoms. The first-order valence-electron chi connectivity index (χ1n) is 9.81. The van der Waals surface area contributed by atoms with Crippen molar-refractivity contribution in [3.63, 3.8) is 0 Å². The van der Waals surface area contributed by atoms with E-state index in [-0.39, 0.29) is 39.8 Å². The Labute approximate surface area is 187 Å². The van der Waals surface area contributed by atoms with Gasteiger partial charge in [-0.1, -0.05) is 0 Å². The lowest BCUT2D eigenvalue weighted by Gasteiger charge is -2.38. The van der Waals surface area contributed by atoms with Gasteiger partial charge in [0.05, 0.1) is 40.7 Å². The van der Waals surface area contributed by atoms with Crippen LogP contribution in [0.2, 0.25) is 0 Å². The average molecular weight is 481 g/mol. The van der Waals surface area contributed by atoms with Gasteiger partial charge in [0, 0.05) is 17.6 Å². The number of sulfone groups is 1. The van der Waals surface area contributed by atoms with E-state index in [0.29, 0.717) is 5.39 Å². The largest absolute Gasteiger partial charge is 0.433 e. The SMILES string of the molecule is CC1(NC(=O)c2cnc3c(c2)c(C(C)(C)O)nn3-c2cncc(OC(F)F)c2)CS(=O)(=O)C1. The highest BCUT2D eigenvalue weighted by molar-refractivity contribution is 7.93. The summed E-state index contributed by atoms with van der Waals surface area (Å²) < 4.78 is 53.9. The van der Waals surface area contributed by atoms with E-state index < -0.39 is 33.5 Å². The number of fused-ring (bicyclic) bond motifs is 1. The molecule has 13 heteroatoms. The highest BCUT2D eigenvalue weighted by atomic mass is 32.2. The summed E-state index contributed by atoms with van der Waals surface area (Å²) in [6, 6.07) is 2.78.